The number of benzene rings is 2. The van der Waals surface area contributed by atoms with E-state index in [0.717, 1.165) is 12.0 Å². The molecule has 0 aromatic heterocycles. The minimum Gasteiger partial charge on any atom is -0.493 e. The molecule has 0 aliphatic heterocycles. The van der Waals surface area contributed by atoms with Crippen molar-refractivity contribution < 1.29 is 19.3 Å². The summed E-state index contributed by atoms with van der Waals surface area (Å²) in [5.74, 6) is 1.85. The van der Waals surface area contributed by atoms with Crippen LogP contribution in [-0.2, 0) is 12.8 Å². The molecule has 0 saturated heterocycles. The van der Waals surface area contributed by atoms with Gasteiger partial charge in [0.25, 0.3) is 0 Å². The van der Waals surface area contributed by atoms with Crippen LogP contribution in [0.5, 0.6) is 17.2 Å². The van der Waals surface area contributed by atoms with E-state index >= 15 is 0 Å². The fourth-order valence-corrected chi connectivity index (χ4v) is 3.01. The van der Waals surface area contributed by atoms with Crippen LogP contribution in [0.2, 0.25) is 0 Å². The lowest BCUT2D eigenvalue weighted by Crippen LogP contribution is -2.36. The molecule has 0 unspecified atom stereocenters. The van der Waals surface area contributed by atoms with E-state index in [1.165, 1.54) is 5.56 Å². The Balaban J connectivity index is 2.21. The first-order chi connectivity index (χ1) is 11.9. The standard InChI is InChI=1S/C21H28O4/c1-15(11-16-9-7-6-8-10-16)21(2,22)14-17-12-18(23-3)20(25-5)19(13-17)24-4/h6-10,12-13,15,22H,11,14H2,1-5H3/t15-,21+/m0/s1. The summed E-state index contributed by atoms with van der Waals surface area (Å²) in [6.45, 7) is 3.95. The molecule has 2 rings (SSSR count). The fraction of sp³-hybridized carbons (Fsp3) is 0.429. The summed E-state index contributed by atoms with van der Waals surface area (Å²) in [5.41, 5.74) is 1.31. The van der Waals surface area contributed by atoms with Crippen molar-refractivity contribution in [2.75, 3.05) is 21.3 Å². The van der Waals surface area contributed by atoms with Gasteiger partial charge in [-0.15, -0.1) is 0 Å². The Morgan fingerprint density at radius 2 is 1.48 bits per heavy atom. The number of methoxy groups -OCH3 is 3. The number of hydrogen-bond acceptors (Lipinski definition) is 4. The van der Waals surface area contributed by atoms with Crippen LogP contribution in [0.3, 0.4) is 0 Å². The molecule has 25 heavy (non-hydrogen) atoms. The molecule has 136 valence electrons. The van der Waals surface area contributed by atoms with E-state index in [1.54, 1.807) is 21.3 Å². The fourth-order valence-electron chi connectivity index (χ4n) is 3.01. The van der Waals surface area contributed by atoms with Crippen molar-refractivity contribution in [1.82, 2.24) is 0 Å². The van der Waals surface area contributed by atoms with Gasteiger partial charge in [-0.1, -0.05) is 37.3 Å². The predicted octanol–water partition coefficient (Wildman–Crippen LogP) is 3.88. The van der Waals surface area contributed by atoms with Gasteiger partial charge in [0.15, 0.2) is 11.5 Å². The van der Waals surface area contributed by atoms with Gasteiger partial charge < -0.3 is 19.3 Å². The zero-order valence-corrected chi connectivity index (χ0v) is 15.7. The van der Waals surface area contributed by atoms with Gasteiger partial charge in [-0.3, -0.25) is 0 Å². The average Bonchev–Trinajstić information content (AvgIpc) is 2.61. The molecule has 0 aliphatic carbocycles. The zero-order valence-electron chi connectivity index (χ0n) is 15.7. The van der Waals surface area contributed by atoms with E-state index in [2.05, 4.69) is 19.1 Å². The quantitative estimate of drug-likeness (QED) is 0.789. The Kier molecular flexibility index (Phi) is 6.32. The average molecular weight is 344 g/mol. The Labute approximate surface area is 150 Å². The highest BCUT2D eigenvalue weighted by Crippen LogP contribution is 2.39. The summed E-state index contributed by atoms with van der Waals surface area (Å²) in [4.78, 5) is 0. The van der Waals surface area contributed by atoms with E-state index in [9.17, 15) is 5.11 Å². The summed E-state index contributed by atoms with van der Waals surface area (Å²) in [5, 5.41) is 11.0. The van der Waals surface area contributed by atoms with Crippen molar-refractivity contribution in [3.8, 4) is 17.2 Å². The van der Waals surface area contributed by atoms with Crippen molar-refractivity contribution >= 4 is 0 Å². The van der Waals surface area contributed by atoms with Crippen LogP contribution in [0.25, 0.3) is 0 Å². The van der Waals surface area contributed by atoms with Crippen LogP contribution >= 0.6 is 0 Å². The highest BCUT2D eigenvalue weighted by Gasteiger charge is 2.29. The number of ether oxygens (including phenoxy) is 3. The Bertz CT molecular complexity index is 655. The van der Waals surface area contributed by atoms with Gasteiger partial charge in [0, 0.05) is 6.42 Å². The molecule has 2 aromatic carbocycles. The van der Waals surface area contributed by atoms with Gasteiger partial charge in [0.1, 0.15) is 0 Å². The molecule has 0 heterocycles. The molecule has 0 radical (unpaired) electrons. The van der Waals surface area contributed by atoms with Crippen LogP contribution in [0, 0.1) is 5.92 Å². The maximum atomic E-state index is 11.0. The van der Waals surface area contributed by atoms with Crippen molar-refractivity contribution in [1.29, 1.82) is 0 Å². The first-order valence-electron chi connectivity index (χ1n) is 8.46. The molecule has 4 nitrogen and oxygen atoms in total. The minimum absolute atomic E-state index is 0.0917. The summed E-state index contributed by atoms with van der Waals surface area (Å²) in [6, 6.07) is 14.0. The summed E-state index contributed by atoms with van der Waals surface area (Å²) < 4.78 is 16.2. The van der Waals surface area contributed by atoms with Gasteiger partial charge in [-0.2, -0.15) is 0 Å². The van der Waals surface area contributed by atoms with Crippen molar-refractivity contribution in [3.05, 3.63) is 53.6 Å². The van der Waals surface area contributed by atoms with Gasteiger partial charge in [0.2, 0.25) is 5.75 Å². The predicted molar refractivity (Wildman–Crippen MR) is 99.7 cm³/mol. The maximum absolute atomic E-state index is 11.0. The van der Waals surface area contributed by atoms with Crippen molar-refractivity contribution in [3.63, 3.8) is 0 Å². The van der Waals surface area contributed by atoms with Gasteiger partial charge in [-0.05, 0) is 42.5 Å². The SMILES string of the molecule is COc1cc(C[C@@](C)(O)[C@@H](C)Cc2ccccc2)cc(OC)c1OC. The van der Waals surface area contributed by atoms with Crippen molar-refractivity contribution in [2.24, 2.45) is 5.92 Å². The van der Waals surface area contributed by atoms with Crippen LogP contribution in [0.15, 0.2) is 42.5 Å². The molecular weight excluding hydrogens is 316 g/mol. The van der Waals surface area contributed by atoms with Crippen LogP contribution in [-0.4, -0.2) is 32.0 Å². The molecule has 0 amide bonds. The molecule has 0 bridgehead atoms. The van der Waals surface area contributed by atoms with E-state index in [0.29, 0.717) is 23.7 Å². The topological polar surface area (TPSA) is 47.9 Å². The van der Waals surface area contributed by atoms with Gasteiger partial charge in [0.05, 0.1) is 26.9 Å². The zero-order chi connectivity index (χ0) is 18.4. The largest absolute Gasteiger partial charge is 0.493 e. The Morgan fingerprint density at radius 1 is 0.920 bits per heavy atom. The summed E-state index contributed by atoms with van der Waals surface area (Å²) in [7, 11) is 4.77. The molecule has 0 fully saturated rings. The van der Waals surface area contributed by atoms with Crippen molar-refractivity contribution in [2.45, 2.75) is 32.3 Å². The van der Waals surface area contributed by atoms with Gasteiger partial charge >= 0.3 is 0 Å². The molecule has 0 aliphatic rings. The summed E-state index contributed by atoms with van der Waals surface area (Å²) in [6.07, 6.45) is 1.32. The lowest BCUT2D eigenvalue weighted by atomic mass is 9.81. The Morgan fingerprint density at radius 3 is 1.96 bits per heavy atom. The smallest absolute Gasteiger partial charge is 0.203 e. The number of rotatable bonds is 8. The molecule has 0 saturated carbocycles. The molecule has 2 aromatic rings. The molecular formula is C21H28O4. The molecule has 0 spiro atoms. The van der Waals surface area contributed by atoms with Crippen LogP contribution in [0.4, 0.5) is 0 Å². The monoisotopic (exact) mass is 344 g/mol. The molecule has 2 atom stereocenters. The van der Waals surface area contributed by atoms with E-state index < -0.39 is 5.60 Å². The first-order valence-corrected chi connectivity index (χ1v) is 8.46. The van der Waals surface area contributed by atoms with Gasteiger partial charge in [-0.25, -0.2) is 0 Å². The van der Waals surface area contributed by atoms with E-state index in [4.69, 9.17) is 14.2 Å². The second-order valence-electron chi connectivity index (χ2n) is 6.66. The molecule has 1 N–H and O–H groups in total. The van der Waals surface area contributed by atoms with E-state index in [1.807, 2.05) is 37.3 Å². The first kappa shape index (κ1) is 19.1. The second kappa shape index (κ2) is 8.26. The third-order valence-electron chi connectivity index (χ3n) is 4.73. The highest BCUT2D eigenvalue weighted by molar-refractivity contribution is 5.54. The summed E-state index contributed by atoms with van der Waals surface area (Å²) >= 11 is 0. The normalized spacial score (nSPS) is 14.5. The third kappa shape index (κ3) is 4.67. The third-order valence-corrected chi connectivity index (χ3v) is 4.73. The molecule has 4 heteroatoms. The van der Waals surface area contributed by atoms with Crippen LogP contribution in [0.1, 0.15) is 25.0 Å². The van der Waals surface area contributed by atoms with Crippen LogP contribution < -0.4 is 14.2 Å². The Hall–Kier alpha value is -2.20. The second-order valence-corrected chi connectivity index (χ2v) is 6.66. The number of aliphatic hydroxyl groups is 1. The van der Waals surface area contributed by atoms with E-state index in [-0.39, 0.29) is 5.92 Å². The lowest BCUT2D eigenvalue weighted by molar-refractivity contribution is 0.00663. The number of hydrogen-bond donors (Lipinski definition) is 1. The highest BCUT2D eigenvalue weighted by atomic mass is 16.5. The lowest BCUT2D eigenvalue weighted by Gasteiger charge is -2.31. The maximum Gasteiger partial charge on any atom is 0.203 e. The minimum atomic E-state index is -0.861.